The van der Waals surface area contributed by atoms with Crippen molar-refractivity contribution in [2.45, 2.75) is 37.8 Å². The van der Waals surface area contributed by atoms with Crippen LogP contribution in [0, 0.1) is 3.57 Å². The number of carbonyl (C=O) groups excluding carboxylic acids is 2. The smallest absolute Gasteiger partial charge is 0.246 e. The van der Waals surface area contributed by atoms with Crippen molar-refractivity contribution in [3.8, 4) is 0 Å². The highest BCUT2D eigenvalue weighted by atomic mass is 127. The maximum absolute atomic E-state index is 12.3. The summed E-state index contributed by atoms with van der Waals surface area (Å²) in [4.78, 5) is 26.4. The third kappa shape index (κ3) is 2.32. The zero-order valence-corrected chi connectivity index (χ0v) is 13.4. The summed E-state index contributed by atoms with van der Waals surface area (Å²) in [6.45, 7) is 0.661. The molecule has 20 heavy (non-hydrogen) atoms. The first-order valence-electron chi connectivity index (χ1n) is 6.95. The van der Waals surface area contributed by atoms with Gasteiger partial charge < -0.3 is 10.2 Å². The van der Waals surface area contributed by atoms with Gasteiger partial charge >= 0.3 is 0 Å². The Kier molecular flexibility index (Phi) is 3.70. The van der Waals surface area contributed by atoms with Crippen molar-refractivity contribution in [2.24, 2.45) is 0 Å². The first-order chi connectivity index (χ1) is 9.62. The van der Waals surface area contributed by atoms with E-state index in [0.29, 0.717) is 6.54 Å². The lowest BCUT2D eigenvalue weighted by molar-refractivity contribution is -0.154. The summed E-state index contributed by atoms with van der Waals surface area (Å²) in [7, 11) is 0. The zero-order chi connectivity index (χ0) is 14.2. The van der Waals surface area contributed by atoms with Crippen LogP contribution in [0.25, 0.3) is 0 Å². The highest BCUT2D eigenvalue weighted by molar-refractivity contribution is 14.1. The molecule has 1 N–H and O–H groups in total. The normalized spacial score (nSPS) is 21.4. The molecule has 0 aromatic heterocycles. The quantitative estimate of drug-likeness (QED) is 0.794. The van der Waals surface area contributed by atoms with E-state index in [1.54, 1.807) is 4.90 Å². The highest BCUT2D eigenvalue weighted by Crippen LogP contribution is 2.38. The van der Waals surface area contributed by atoms with Crippen LogP contribution in [0.4, 0.5) is 0 Å². The van der Waals surface area contributed by atoms with E-state index in [1.165, 1.54) is 3.57 Å². The fourth-order valence-corrected chi connectivity index (χ4v) is 3.61. The lowest BCUT2D eigenvalue weighted by Gasteiger charge is -2.43. The van der Waals surface area contributed by atoms with Crippen LogP contribution in [0.5, 0.6) is 0 Å². The van der Waals surface area contributed by atoms with Gasteiger partial charge in [0.1, 0.15) is 5.54 Å². The van der Waals surface area contributed by atoms with E-state index in [0.717, 1.165) is 31.2 Å². The number of nitrogens with one attached hydrogen (secondary N) is 1. The molecule has 2 fully saturated rings. The Bertz CT molecular complexity index is 535. The number of piperazine rings is 1. The average molecular weight is 384 g/mol. The SMILES string of the molecule is O=C1CNC(=O)C2(CCCC2)N1Cc1ccc(I)cc1. The summed E-state index contributed by atoms with van der Waals surface area (Å²) in [5.41, 5.74) is 0.484. The van der Waals surface area contributed by atoms with Crippen molar-refractivity contribution < 1.29 is 9.59 Å². The molecule has 106 valence electrons. The maximum atomic E-state index is 12.3. The molecule has 1 aromatic carbocycles. The molecule has 1 spiro atoms. The van der Waals surface area contributed by atoms with Crippen LogP contribution < -0.4 is 5.32 Å². The van der Waals surface area contributed by atoms with Crippen LogP contribution >= 0.6 is 22.6 Å². The van der Waals surface area contributed by atoms with Crippen LogP contribution in [0.1, 0.15) is 31.2 Å². The minimum absolute atomic E-state index is 0.0279. The van der Waals surface area contributed by atoms with Gasteiger partial charge in [0.2, 0.25) is 11.8 Å². The third-order valence-corrected chi connectivity index (χ3v) is 5.04. The third-order valence-electron chi connectivity index (χ3n) is 4.33. The predicted molar refractivity (Wildman–Crippen MR) is 83.9 cm³/mol. The van der Waals surface area contributed by atoms with Crippen LogP contribution in [0.2, 0.25) is 0 Å². The van der Waals surface area contributed by atoms with E-state index in [2.05, 4.69) is 27.9 Å². The van der Waals surface area contributed by atoms with Crippen molar-refractivity contribution in [3.05, 3.63) is 33.4 Å². The van der Waals surface area contributed by atoms with Gasteiger partial charge in [-0.2, -0.15) is 0 Å². The van der Waals surface area contributed by atoms with Gasteiger partial charge in [0.05, 0.1) is 6.54 Å². The van der Waals surface area contributed by atoms with Crippen LogP contribution in [-0.4, -0.2) is 28.8 Å². The summed E-state index contributed by atoms with van der Waals surface area (Å²) < 4.78 is 1.17. The van der Waals surface area contributed by atoms with Crippen LogP contribution in [0.15, 0.2) is 24.3 Å². The molecular weight excluding hydrogens is 367 g/mol. The van der Waals surface area contributed by atoms with Crippen molar-refractivity contribution >= 4 is 34.4 Å². The van der Waals surface area contributed by atoms with E-state index in [1.807, 2.05) is 24.3 Å². The summed E-state index contributed by atoms with van der Waals surface area (Å²) in [5, 5.41) is 2.76. The number of rotatable bonds is 2. The van der Waals surface area contributed by atoms with E-state index in [4.69, 9.17) is 0 Å². The largest absolute Gasteiger partial charge is 0.345 e. The van der Waals surface area contributed by atoms with Crippen molar-refractivity contribution in [1.29, 1.82) is 0 Å². The lowest BCUT2D eigenvalue weighted by atomic mass is 9.91. The average Bonchev–Trinajstić information content (AvgIpc) is 2.92. The molecule has 4 nitrogen and oxygen atoms in total. The van der Waals surface area contributed by atoms with Gasteiger partial charge in [-0.15, -0.1) is 0 Å². The Morgan fingerprint density at radius 1 is 1.15 bits per heavy atom. The monoisotopic (exact) mass is 384 g/mol. The minimum Gasteiger partial charge on any atom is -0.345 e. The van der Waals surface area contributed by atoms with Gasteiger partial charge in [0.25, 0.3) is 0 Å². The predicted octanol–water partition coefficient (Wildman–Crippen LogP) is 2.06. The molecule has 0 bridgehead atoms. The molecule has 1 saturated carbocycles. The first kappa shape index (κ1) is 13.9. The van der Waals surface area contributed by atoms with E-state index in [-0.39, 0.29) is 18.4 Å². The molecule has 1 heterocycles. The molecule has 2 aliphatic rings. The van der Waals surface area contributed by atoms with E-state index >= 15 is 0 Å². The van der Waals surface area contributed by atoms with Crippen molar-refractivity contribution in [2.75, 3.05) is 6.54 Å². The highest BCUT2D eigenvalue weighted by Gasteiger charge is 2.50. The van der Waals surface area contributed by atoms with Gasteiger partial charge in [-0.1, -0.05) is 25.0 Å². The lowest BCUT2D eigenvalue weighted by Crippen LogP contribution is -2.65. The standard InChI is InChI=1S/C15H17IN2O2/c16-12-5-3-11(4-6-12)10-18-13(19)9-17-14(20)15(18)7-1-2-8-15/h3-6H,1-2,7-10H2,(H,17,20). The van der Waals surface area contributed by atoms with Gasteiger partial charge in [0, 0.05) is 10.1 Å². The Hall–Kier alpha value is -1.11. The maximum Gasteiger partial charge on any atom is 0.246 e. The number of hydrogen-bond donors (Lipinski definition) is 1. The summed E-state index contributed by atoms with van der Waals surface area (Å²) in [6, 6.07) is 8.13. The molecule has 1 aliphatic carbocycles. The van der Waals surface area contributed by atoms with Gasteiger partial charge in [-0.3, -0.25) is 9.59 Å². The van der Waals surface area contributed by atoms with Crippen LogP contribution in [-0.2, 0) is 16.1 Å². The number of carbonyl (C=O) groups is 2. The van der Waals surface area contributed by atoms with Crippen molar-refractivity contribution in [3.63, 3.8) is 0 Å². The Balaban J connectivity index is 1.89. The Morgan fingerprint density at radius 2 is 1.80 bits per heavy atom. The van der Waals surface area contributed by atoms with Gasteiger partial charge in [0.15, 0.2) is 0 Å². The molecule has 1 saturated heterocycles. The number of hydrogen-bond acceptors (Lipinski definition) is 2. The second-order valence-electron chi connectivity index (χ2n) is 5.53. The number of benzene rings is 1. The van der Waals surface area contributed by atoms with Gasteiger partial charge in [-0.25, -0.2) is 0 Å². The molecular formula is C15H17IN2O2. The molecule has 0 atom stereocenters. The number of nitrogens with zero attached hydrogens (tertiary/aromatic N) is 1. The Labute approximate surface area is 132 Å². The topological polar surface area (TPSA) is 49.4 Å². The fourth-order valence-electron chi connectivity index (χ4n) is 3.25. The molecule has 0 unspecified atom stereocenters. The fraction of sp³-hybridized carbons (Fsp3) is 0.467. The molecule has 0 radical (unpaired) electrons. The summed E-state index contributed by atoms with van der Waals surface area (Å²) >= 11 is 2.26. The molecule has 2 amide bonds. The van der Waals surface area contributed by atoms with E-state index < -0.39 is 5.54 Å². The number of amides is 2. The summed E-state index contributed by atoms with van der Waals surface area (Å²) in [5.74, 6) is 0.0603. The van der Waals surface area contributed by atoms with Gasteiger partial charge in [-0.05, 0) is 53.1 Å². The molecule has 3 rings (SSSR count). The Morgan fingerprint density at radius 3 is 2.45 bits per heavy atom. The number of halogens is 1. The summed E-state index contributed by atoms with van der Waals surface area (Å²) in [6.07, 6.45) is 3.61. The minimum atomic E-state index is -0.599. The molecule has 5 heteroatoms. The van der Waals surface area contributed by atoms with Crippen LogP contribution in [0.3, 0.4) is 0 Å². The second-order valence-corrected chi connectivity index (χ2v) is 6.77. The van der Waals surface area contributed by atoms with E-state index in [9.17, 15) is 9.59 Å². The first-order valence-corrected chi connectivity index (χ1v) is 8.03. The molecule has 1 aliphatic heterocycles. The molecule has 1 aromatic rings. The zero-order valence-electron chi connectivity index (χ0n) is 11.2. The van der Waals surface area contributed by atoms with Crippen molar-refractivity contribution in [1.82, 2.24) is 10.2 Å². The second kappa shape index (κ2) is 5.35.